The summed E-state index contributed by atoms with van der Waals surface area (Å²) in [6, 6.07) is 6.16. The Bertz CT molecular complexity index is 608. The number of nitrogens with zero attached hydrogens (tertiary/aromatic N) is 3. The van der Waals surface area contributed by atoms with Crippen LogP contribution in [-0.2, 0) is 16.0 Å². The minimum atomic E-state index is -0.321. The van der Waals surface area contributed by atoms with E-state index in [1.807, 2.05) is 4.90 Å². The molecule has 0 aromatic heterocycles. The van der Waals surface area contributed by atoms with Crippen molar-refractivity contribution in [3.05, 3.63) is 35.6 Å². The Kier molecular flexibility index (Phi) is 6.02. The predicted molar refractivity (Wildman–Crippen MR) is 93.6 cm³/mol. The number of hydrogen-bond donors (Lipinski definition) is 0. The van der Waals surface area contributed by atoms with Gasteiger partial charge in [0.2, 0.25) is 11.8 Å². The van der Waals surface area contributed by atoms with Gasteiger partial charge in [-0.15, -0.1) is 0 Å². The summed E-state index contributed by atoms with van der Waals surface area (Å²) in [6.45, 7) is 5.36. The van der Waals surface area contributed by atoms with Crippen LogP contribution in [0.25, 0.3) is 0 Å². The molecular weight excluding hydrogens is 321 g/mol. The highest BCUT2D eigenvalue weighted by atomic mass is 19.1. The maximum atomic E-state index is 13.2. The summed E-state index contributed by atoms with van der Waals surface area (Å²) < 4.78 is 13.2. The number of rotatable bonds is 5. The van der Waals surface area contributed by atoms with Gasteiger partial charge in [-0.2, -0.15) is 0 Å². The van der Waals surface area contributed by atoms with Crippen LogP contribution in [0.15, 0.2) is 24.3 Å². The van der Waals surface area contributed by atoms with E-state index in [9.17, 15) is 14.0 Å². The van der Waals surface area contributed by atoms with Crippen molar-refractivity contribution < 1.29 is 14.0 Å². The molecular formula is C19H26FN3O2. The Balaban J connectivity index is 1.41. The first-order chi connectivity index (χ1) is 12.1. The summed E-state index contributed by atoms with van der Waals surface area (Å²) in [5, 5.41) is 0. The van der Waals surface area contributed by atoms with Crippen LogP contribution in [0.1, 0.15) is 24.8 Å². The van der Waals surface area contributed by atoms with E-state index in [0.717, 1.165) is 19.6 Å². The molecule has 0 N–H and O–H groups in total. The number of hydrogen-bond acceptors (Lipinski definition) is 3. The van der Waals surface area contributed by atoms with Gasteiger partial charge in [-0.3, -0.25) is 9.59 Å². The average molecular weight is 347 g/mol. The van der Waals surface area contributed by atoms with Crippen molar-refractivity contribution in [1.82, 2.24) is 14.7 Å². The lowest BCUT2D eigenvalue weighted by atomic mass is 10.1. The SMILES string of the molecule is O=C(CCN1CCCC1)N1CCN(C(=O)Cc2cccc(F)c2)CC1. The molecule has 0 atom stereocenters. The van der Waals surface area contributed by atoms with Gasteiger partial charge in [0.15, 0.2) is 0 Å². The molecule has 2 heterocycles. The van der Waals surface area contributed by atoms with E-state index in [0.29, 0.717) is 38.2 Å². The summed E-state index contributed by atoms with van der Waals surface area (Å²) in [6.07, 6.45) is 3.25. The second kappa shape index (κ2) is 8.43. The molecule has 2 fully saturated rings. The highest BCUT2D eigenvalue weighted by Crippen LogP contribution is 2.11. The molecule has 0 radical (unpaired) electrons. The lowest BCUT2D eigenvalue weighted by molar-refractivity contribution is -0.139. The Morgan fingerprint density at radius 1 is 0.920 bits per heavy atom. The zero-order valence-corrected chi connectivity index (χ0v) is 14.6. The fraction of sp³-hybridized carbons (Fsp3) is 0.579. The molecule has 2 aliphatic rings. The van der Waals surface area contributed by atoms with E-state index in [1.54, 1.807) is 17.0 Å². The highest BCUT2D eigenvalue weighted by molar-refractivity contribution is 5.80. The van der Waals surface area contributed by atoms with Crippen molar-refractivity contribution in [2.24, 2.45) is 0 Å². The second-order valence-electron chi connectivity index (χ2n) is 6.87. The van der Waals surface area contributed by atoms with Gasteiger partial charge in [0.25, 0.3) is 0 Å². The Labute approximate surface area is 148 Å². The monoisotopic (exact) mass is 347 g/mol. The number of amides is 2. The van der Waals surface area contributed by atoms with E-state index < -0.39 is 0 Å². The molecule has 3 rings (SSSR count). The van der Waals surface area contributed by atoms with Crippen LogP contribution in [0, 0.1) is 5.82 Å². The molecule has 2 aliphatic heterocycles. The first-order valence-electron chi connectivity index (χ1n) is 9.14. The van der Waals surface area contributed by atoms with E-state index in [4.69, 9.17) is 0 Å². The molecule has 5 nitrogen and oxygen atoms in total. The van der Waals surface area contributed by atoms with E-state index in [2.05, 4.69) is 4.90 Å². The Morgan fingerprint density at radius 3 is 2.20 bits per heavy atom. The van der Waals surface area contributed by atoms with Crippen LogP contribution in [0.5, 0.6) is 0 Å². The Morgan fingerprint density at radius 2 is 1.56 bits per heavy atom. The van der Waals surface area contributed by atoms with Crippen LogP contribution >= 0.6 is 0 Å². The normalized spacial score (nSPS) is 18.6. The highest BCUT2D eigenvalue weighted by Gasteiger charge is 2.24. The molecule has 2 saturated heterocycles. The minimum Gasteiger partial charge on any atom is -0.339 e. The fourth-order valence-corrected chi connectivity index (χ4v) is 3.56. The summed E-state index contributed by atoms with van der Waals surface area (Å²) in [5.74, 6) is -0.141. The quantitative estimate of drug-likeness (QED) is 0.811. The van der Waals surface area contributed by atoms with Gasteiger partial charge >= 0.3 is 0 Å². The lowest BCUT2D eigenvalue weighted by Gasteiger charge is -2.35. The summed E-state index contributed by atoms with van der Waals surface area (Å²) >= 11 is 0. The third kappa shape index (κ3) is 5.01. The number of piperazine rings is 1. The molecule has 1 aromatic rings. The first kappa shape index (κ1) is 17.9. The molecule has 0 spiro atoms. The van der Waals surface area contributed by atoms with Gasteiger partial charge in [0.05, 0.1) is 6.42 Å². The van der Waals surface area contributed by atoms with Gasteiger partial charge < -0.3 is 14.7 Å². The predicted octanol–water partition coefficient (Wildman–Crippen LogP) is 1.52. The van der Waals surface area contributed by atoms with Gasteiger partial charge in [-0.05, 0) is 43.6 Å². The van der Waals surface area contributed by atoms with Crippen molar-refractivity contribution in [2.45, 2.75) is 25.7 Å². The third-order valence-electron chi connectivity index (χ3n) is 5.07. The van der Waals surface area contributed by atoms with Gasteiger partial charge in [0.1, 0.15) is 5.82 Å². The summed E-state index contributed by atoms with van der Waals surface area (Å²) in [7, 11) is 0. The van der Waals surface area contributed by atoms with Crippen molar-refractivity contribution in [3.63, 3.8) is 0 Å². The largest absolute Gasteiger partial charge is 0.339 e. The van der Waals surface area contributed by atoms with Crippen LogP contribution in [0.2, 0.25) is 0 Å². The lowest BCUT2D eigenvalue weighted by Crippen LogP contribution is -2.51. The molecule has 1 aromatic carbocycles. The van der Waals surface area contributed by atoms with Crippen LogP contribution in [0.4, 0.5) is 4.39 Å². The van der Waals surface area contributed by atoms with E-state index in [1.165, 1.54) is 25.0 Å². The topological polar surface area (TPSA) is 43.9 Å². The molecule has 6 heteroatoms. The van der Waals surface area contributed by atoms with Gasteiger partial charge in [-0.1, -0.05) is 12.1 Å². The fourth-order valence-electron chi connectivity index (χ4n) is 3.56. The smallest absolute Gasteiger partial charge is 0.227 e. The number of benzene rings is 1. The van der Waals surface area contributed by atoms with Crippen LogP contribution < -0.4 is 0 Å². The molecule has 25 heavy (non-hydrogen) atoms. The van der Waals surface area contributed by atoms with E-state index >= 15 is 0 Å². The van der Waals surface area contributed by atoms with Gasteiger partial charge in [-0.25, -0.2) is 4.39 Å². The molecule has 136 valence electrons. The number of likely N-dealkylation sites (tertiary alicyclic amines) is 1. The third-order valence-corrected chi connectivity index (χ3v) is 5.07. The van der Waals surface area contributed by atoms with Crippen LogP contribution in [-0.4, -0.2) is 72.3 Å². The standard InChI is InChI=1S/C19H26FN3O2/c20-17-5-3-4-16(14-17)15-19(25)23-12-10-22(11-13-23)18(24)6-9-21-7-1-2-8-21/h3-5,14H,1-2,6-13,15H2. The zero-order valence-electron chi connectivity index (χ0n) is 14.6. The molecule has 0 unspecified atom stereocenters. The molecule has 2 amide bonds. The summed E-state index contributed by atoms with van der Waals surface area (Å²) in [4.78, 5) is 30.6. The minimum absolute atomic E-state index is 0.00485. The first-order valence-corrected chi connectivity index (χ1v) is 9.14. The zero-order chi connectivity index (χ0) is 17.6. The van der Waals surface area contributed by atoms with Crippen molar-refractivity contribution >= 4 is 11.8 Å². The Hall–Kier alpha value is -1.95. The van der Waals surface area contributed by atoms with Crippen LogP contribution in [0.3, 0.4) is 0 Å². The molecule has 0 aliphatic carbocycles. The summed E-state index contributed by atoms with van der Waals surface area (Å²) in [5.41, 5.74) is 0.689. The second-order valence-corrected chi connectivity index (χ2v) is 6.87. The van der Waals surface area contributed by atoms with Gasteiger partial charge in [0, 0.05) is 39.1 Å². The number of carbonyl (C=O) groups excluding carboxylic acids is 2. The number of carbonyl (C=O) groups is 2. The average Bonchev–Trinajstić information content (AvgIpc) is 3.13. The maximum Gasteiger partial charge on any atom is 0.227 e. The van der Waals surface area contributed by atoms with Crippen molar-refractivity contribution in [3.8, 4) is 0 Å². The van der Waals surface area contributed by atoms with Crippen molar-refractivity contribution in [2.75, 3.05) is 45.8 Å². The molecule has 0 saturated carbocycles. The maximum absolute atomic E-state index is 13.2. The molecule has 0 bridgehead atoms. The number of halogens is 1. The van der Waals surface area contributed by atoms with Crippen molar-refractivity contribution in [1.29, 1.82) is 0 Å². The van der Waals surface area contributed by atoms with E-state index in [-0.39, 0.29) is 24.1 Å².